The Bertz CT molecular complexity index is 1290. The zero-order valence-electron chi connectivity index (χ0n) is 27.1. The van der Waals surface area contributed by atoms with Crippen molar-refractivity contribution in [1.82, 2.24) is 0 Å². The molecule has 0 aromatic heterocycles. The highest BCUT2D eigenvalue weighted by Crippen LogP contribution is 2.27. The van der Waals surface area contributed by atoms with E-state index in [1.54, 1.807) is 36.4 Å². The van der Waals surface area contributed by atoms with Crippen LogP contribution in [0.4, 0.5) is 8.78 Å². The molecule has 244 valence electrons. The lowest BCUT2D eigenvalue weighted by Crippen LogP contribution is -2.17. The minimum absolute atomic E-state index is 0.0672. The van der Waals surface area contributed by atoms with Gasteiger partial charge in [0.15, 0.2) is 0 Å². The molecular weight excluding hydrogens is 574 g/mol. The predicted octanol–water partition coefficient (Wildman–Crippen LogP) is 10.3. The Morgan fingerprint density at radius 2 is 1.24 bits per heavy atom. The second-order valence-electron chi connectivity index (χ2n) is 12.1. The first-order chi connectivity index (χ1) is 21.7. The molecule has 0 heterocycles. The highest BCUT2D eigenvalue weighted by molar-refractivity contribution is 5.91. The molecule has 5 nitrogen and oxygen atoms in total. The third-order valence-electron chi connectivity index (χ3n) is 7.88. The second-order valence-corrected chi connectivity index (χ2v) is 12.1. The van der Waals surface area contributed by atoms with E-state index in [1.165, 1.54) is 37.8 Å². The molecule has 0 fully saturated rings. The van der Waals surface area contributed by atoms with Gasteiger partial charge >= 0.3 is 11.9 Å². The molecule has 2 atom stereocenters. The van der Waals surface area contributed by atoms with Gasteiger partial charge in [-0.05, 0) is 71.8 Å². The maximum atomic E-state index is 13.6. The van der Waals surface area contributed by atoms with Crippen molar-refractivity contribution in [3.8, 4) is 22.6 Å². The Kier molecular flexibility index (Phi) is 15.2. The number of hydrogen-bond donors (Lipinski definition) is 0. The maximum absolute atomic E-state index is 13.6. The van der Waals surface area contributed by atoms with Gasteiger partial charge in [0.1, 0.15) is 11.5 Å². The minimum atomic E-state index is -2.56. The quantitative estimate of drug-likeness (QED) is 0.0756. The zero-order valence-corrected chi connectivity index (χ0v) is 27.1. The summed E-state index contributed by atoms with van der Waals surface area (Å²) in [7, 11) is 0. The highest BCUT2D eigenvalue weighted by Gasteiger charge is 2.23. The smallest absolute Gasteiger partial charge is 0.343 e. The van der Waals surface area contributed by atoms with E-state index in [0.717, 1.165) is 36.8 Å². The molecule has 0 saturated heterocycles. The van der Waals surface area contributed by atoms with Crippen LogP contribution in [0.1, 0.15) is 101 Å². The third kappa shape index (κ3) is 12.4. The van der Waals surface area contributed by atoms with Crippen molar-refractivity contribution in [3.05, 3.63) is 83.9 Å². The lowest BCUT2D eigenvalue weighted by molar-refractivity contribution is -0.138. The summed E-state index contributed by atoms with van der Waals surface area (Å²) >= 11 is 0. The molecule has 0 aliphatic rings. The predicted molar refractivity (Wildman–Crippen MR) is 175 cm³/mol. The van der Waals surface area contributed by atoms with Gasteiger partial charge in [-0.25, -0.2) is 13.6 Å². The highest BCUT2D eigenvalue weighted by atomic mass is 19.3. The molecule has 0 N–H and O–H groups in total. The third-order valence-corrected chi connectivity index (χ3v) is 7.88. The van der Waals surface area contributed by atoms with Crippen LogP contribution in [0.25, 0.3) is 11.1 Å². The Balaban J connectivity index is 1.49. The van der Waals surface area contributed by atoms with Crippen LogP contribution < -0.4 is 9.47 Å². The average Bonchev–Trinajstić information content (AvgIpc) is 3.03. The van der Waals surface area contributed by atoms with Crippen LogP contribution in [0.2, 0.25) is 0 Å². The first kappa shape index (κ1) is 35.9. The van der Waals surface area contributed by atoms with E-state index in [1.807, 2.05) is 31.2 Å². The van der Waals surface area contributed by atoms with Crippen LogP contribution in [-0.2, 0) is 9.53 Å². The van der Waals surface area contributed by atoms with Crippen molar-refractivity contribution in [2.75, 3.05) is 13.2 Å². The molecule has 1 unspecified atom stereocenters. The summed E-state index contributed by atoms with van der Waals surface area (Å²) < 4.78 is 43.8. The number of benzene rings is 3. The van der Waals surface area contributed by atoms with Gasteiger partial charge in [-0.3, -0.25) is 4.79 Å². The van der Waals surface area contributed by atoms with Gasteiger partial charge in [-0.1, -0.05) is 103 Å². The first-order valence-electron chi connectivity index (χ1n) is 16.3. The summed E-state index contributed by atoms with van der Waals surface area (Å²) in [6.45, 7) is 8.60. The van der Waals surface area contributed by atoms with E-state index in [2.05, 4.69) is 20.8 Å². The van der Waals surface area contributed by atoms with Crippen LogP contribution in [-0.4, -0.2) is 31.6 Å². The van der Waals surface area contributed by atoms with Crippen molar-refractivity contribution >= 4 is 11.9 Å². The molecule has 0 radical (unpaired) electrons. The van der Waals surface area contributed by atoms with Crippen molar-refractivity contribution in [2.45, 2.75) is 91.4 Å². The summed E-state index contributed by atoms with van der Waals surface area (Å²) in [5.41, 5.74) is 2.59. The molecule has 3 aromatic rings. The SMILES string of the molecule is CCCCCCCCC(C)C(=O)Oc1ccc(-c2ccc(C(=O)Oc3ccc([C@H](COCCC(C)C)C(F)F)cc3)cc2)cc1. The fourth-order valence-electron chi connectivity index (χ4n) is 4.87. The number of carbonyl (C=O) groups excluding carboxylic acids is 2. The first-order valence-corrected chi connectivity index (χ1v) is 16.3. The van der Waals surface area contributed by atoms with E-state index >= 15 is 0 Å². The van der Waals surface area contributed by atoms with Crippen LogP contribution >= 0.6 is 0 Å². The fraction of sp³-hybridized carbons (Fsp3) is 0.474. The maximum Gasteiger partial charge on any atom is 0.343 e. The Morgan fingerprint density at radius 3 is 1.84 bits per heavy atom. The number of unbranched alkanes of at least 4 members (excludes halogenated alkanes) is 5. The molecule has 3 aromatic carbocycles. The summed E-state index contributed by atoms with van der Waals surface area (Å²) in [5.74, 6) is -0.735. The number of halogens is 2. The van der Waals surface area contributed by atoms with Crippen LogP contribution in [0.15, 0.2) is 72.8 Å². The van der Waals surface area contributed by atoms with Gasteiger partial charge < -0.3 is 14.2 Å². The van der Waals surface area contributed by atoms with E-state index in [-0.39, 0.29) is 24.2 Å². The van der Waals surface area contributed by atoms with Crippen molar-refractivity contribution in [1.29, 1.82) is 0 Å². The molecule has 0 aliphatic heterocycles. The standard InChI is InChI=1S/C38H48F2O5/c1-5-6-7-8-9-10-11-28(4)37(41)44-33-20-16-30(17-21-33)29-12-14-32(15-13-29)38(42)45-34-22-18-31(19-23-34)35(36(39)40)26-43-25-24-27(2)3/h12-23,27-28,35-36H,5-11,24-26H2,1-4H3/t28?,35-/m0/s1. The number of rotatable bonds is 19. The molecule has 3 rings (SSSR count). The number of carbonyl (C=O) groups is 2. The molecular formula is C38H48F2O5. The lowest BCUT2D eigenvalue weighted by atomic mass is 10.0. The summed E-state index contributed by atoms with van der Waals surface area (Å²) in [6.07, 6.45) is 6.23. The summed E-state index contributed by atoms with van der Waals surface area (Å²) in [4.78, 5) is 25.2. The number of hydrogen-bond acceptors (Lipinski definition) is 5. The van der Waals surface area contributed by atoms with Gasteiger partial charge in [-0.2, -0.15) is 0 Å². The van der Waals surface area contributed by atoms with Crippen LogP contribution in [0.3, 0.4) is 0 Å². The summed E-state index contributed by atoms with van der Waals surface area (Å²) in [5, 5.41) is 0. The largest absolute Gasteiger partial charge is 0.426 e. The molecule has 0 amide bonds. The van der Waals surface area contributed by atoms with Gasteiger partial charge in [0, 0.05) is 6.61 Å². The van der Waals surface area contributed by atoms with Gasteiger partial charge in [-0.15, -0.1) is 0 Å². The van der Waals surface area contributed by atoms with E-state index in [0.29, 0.717) is 29.4 Å². The number of esters is 2. The second kappa shape index (κ2) is 19.1. The average molecular weight is 623 g/mol. The molecule has 0 aliphatic carbocycles. The lowest BCUT2D eigenvalue weighted by Gasteiger charge is -2.17. The van der Waals surface area contributed by atoms with E-state index < -0.39 is 18.3 Å². The van der Waals surface area contributed by atoms with E-state index in [9.17, 15) is 18.4 Å². The van der Waals surface area contributed by atoms with Crippen molar-refractivity contribution < 1.29 is 32.6 Å². The Hall–Kier alpha value is -3.58. The summed E-state index contributed by atoms with van der Waals surface area (Å²) in [6, 6.07) is 20.4. The van der Waals surface area contributed by atoms with Crippen molar-refractivity contribution in [3.63, 3.8) is 0 Å². The molecule has 0 bridgehead atoms. The van der Waals surface area contributed by atoms with Crippen LogP contribution in [0.5, 0.6) is 11.5 Å². The Labute approximate surface area is 267 Å². The number of alkyl halides is 2. The fourth-order valence-corrected chi connectivity index (χ4v) is 4.87. The Morgan fingerprint density at radius 1 is 0.689 bits per heavy atom. The van der Waals surface area contributed by atoms with E-state index in [4.69, 9.17) is 14.2 Å². The zero-order chi connectivity index (χ0) is 32.6. The molecule has 0 saturated carbocycles. The molecule has 7 heteroatoms. The molecule has 45 heavy (non-hydrogen) atoms. The van der Waals surface area contributed by atoms with Gasteiger partial charge in [0.05, 0.1) is 24.0 Å². The minimum Gasteiger partial charge on any atom is -0.426 e. The normalized spacial score (nSPS) is 12.7. The van der Waals surface area contributed by atoms with Crippen LogP contribution in [0, 0.1) is 11.8 Å². The van der Waals surface area contributed by atoms with Gasteiger partial charge in [0.25, 0.3) is 0 Å². The molecule has 0 spiro atoms. The topological polar surface area (TPSA) is 61.8 Å². The van der Waals surface area contributed by atoms with Crippen molar-refractivity contribution in [2.24, 2.45) is 11.8 Å². The monoisotopic (exact) mass is 622 g/mol. The van der Waals surface area contributed by atoms with Gasteiger partial charge in [0.2, 0.25) is 6.43 Å². The number of ether oxygens (including phenoxy) is 3.